The van der Waals surface area contributed by atoms with Crippen molar-refractivity contribution in [3.63, 3.8) is 0 Å². The van der Waals surface area contributed by atoms with E-state index in [0.29, 0.717) is 0 Å². The molecule has 1 aliphatic rings. The van der Waals surface area contributed by atoms with Crippen LogP contribution in [0.15, 0.2) is 24.3 Å². The van der Waals surface area contributed by atoms with Crippen molar-refractivity contribution in [1.29, 1.82) is 0 Å². The molecule has 3 heteroatoms. The first-order valence-corrected chi connectivity index (χ1v) is 7.10. The van der Waals surface area contributed by atoms with Crippen molar-refractivity contribution in [3.8, 4) is 0 Å². The highest BCUT2D eigenvalue weighted by Gasteiger charge is 2.32. The zero-order chi connectivity index (χ0) is 14.1. The molecule has 3 nitrogen and oxygen atoms in total. The number of piperidine rings is 1. The predicted octanol–water partition coefficient (Wildman–Crippen LogP) is 2.27. The largest absolute Gasteiger partial charge is 0.394 e. The van der Waals surface area contributed by atoms with Crippen LogP contribution in [0.4, 0.5) is 5.69 Å². The summed E-state index contributed by atoms with van der Waals surface area (Å²) >= 11 is 0. The van der Waals surface area contributed by atoms with Gasteiger partial charge in [0.15, 0.2) is 0 Å². The van der Waals surface area contributed by atoms with Gasteiger partial charge in [0.25, 0.3) is 0 Å². The van der Waals surface area contributed by atoms with Gasteiger partial charge in [0, 0.05) is 18.8 Å². The number of benzene rings is 1. The van der Waals surface area contributed by atoms with Gasteiger partial charge in [-0.05, 0) is 29.9 Å². The fourth-order valence-electron chi connectivity index (χ4n) is 2.88. The number of aliphatic hydroxyl groups is 1. The van der Waals surface area contributed by atoms with Crippen molar-refractivity contribution >= 4 is 5.69 Å². The summed E-state index contributed by atoms with van der Waals surface area (Å²) in [6.45, 7) is 8.51. The van der Waals surface area contributed by atoms with E-state index >= 15 is 0 Å². The molecule has 0 amide bonds. The van der Waals surface area contributed by atoms with Gasteiger partial charge in [0.2, 0.25) is 0 Å². The zero-order valence-electron chi connectivity index (χ0n) is 12.3. The molecule has 0 bridgehead atoms. The summed E-state index contributed by atoms with van der Waals surface area (Å²) in [7, 11) is 0. The molecular formula is C16H26N2O. The lowest BCUT2D eigenvalue weighted by Gasteiger charge is -2.42. The summed E-state index contributed by atoms with van der Waals surface area (Å²) < 4.78 is 0. The minimum absolute atomic E-state index is 0.0567. The van der Waals surface area contributed by atoms with Crippen molar-refractivity contribution < 1.29 is 5.11 Å². The lowest BCUT2D eigenvalue weighted by Crippen LogP contribution is -2.57. The van der Waals surface area contributed by atoms with E-state index in [-0.39, 0.29) is 12.0 Å². The molecule has 2 rings (SSSR count). The van der Waals surface area contributed by atoms with Crippen LogP contribution < -0.4 is 10.6 Å². The van der Waals surface area contributed by atoms with Crippen LogP contribution in [-0.4, -0.2) is 30.3 Å². The van der Waals surface area contributed by atoms with Gasteiger partial charge in [-0.1, -0.05) is 39.0 Å². The Balaban J connectivity index is 2.32. The molecule has 0 radical (unpaired) electrons. The molecule has 0 aromatic heterocycles. The first kappa shape index (κ1) is 14.4. The molecule has 1 unspecified atom stereocenters. The molecule has 0 saturated carbocycles. The second kappa shape index (κ2) is 5.14. The standard InChI is InChI=1S/C16H26N2O/c1-15(2,3)13-7-4-5-8-14(13)18-10-6-9-16(17,11-18)12-19/h4-5,7-8,19H,6,9-12,17H2,1-3H3. The zero-order valence-corrected chi connectivity index (χ0v) is 12.3. The van der Waals surface area contributed by atoms with E-state index in [2.05, 4.69) is 49.9 Å². The van der Waals surface area contributed by atoms with E-state index < -0.39 is 5.54 Å². The normalized spacial score (nSPS) is 24.6. The highest BCUT2D eigenvalue weighted by molar-refractivity contribution is 5.57. The number of para-hydroxylation sites is 1. The third-order valence-corrected chi connectivity index (χ3v) is 3.98. The van der Waals surface area contributed by atoms with E-state index in [4.69, 9.17) is 5.73 Å². The van der Waals surface area contributed by atoms with Crippen LogP contribution in [0.1, 0.15) is 39.2 Å². The van der Waals surface area contributed by atoms with Crippen LogP contribution >= 0.6 is 0 Å². The molecule has 1 aliphatic heterocycles. The van der Waals surface area contributed by atoms with Gasteiger partial charge in [-0.2, -0.15) is 0 Å². The van der Waals surface area contributed by atoms with E-state index in [0.717, 1.165) is 25.9 Å². The van der Waals surface area contributed by atoms with E-state index in [9.17, 15) is 5.11 Å². The van der Waals surface area contributed by atoms with Crippen LogP contribution in [-0.2, 0) is 5.41 Å². The van der Waals surface area contributed by atoms with Gasteiger partial charge in [0.05, 0.1) is 12.1 Å². The fraction of sp³-hybridized carbons (Fsp3) is 0.625. The molecule has 1 atom stereocenters. The van der Waals surface area contributed by atoms with Gasteiger partial charge in [-0.25, -0.2) is 0 Å². The number of nitrogens with two attached hydrogens (primary N) is 1. The first-order valence-electron chi connectivity index (χ1n) is 7.10. The number of hydrogen-bond acceptors (Lipinski definition) is 3. The number of anilines is 1. The first-order chi connectivity index (χ1) is 8.86. The number of rotatable bonds is 2. The Labute approximate surface area is 116 Å². The topological polar surface area (TPSA) is 49.5 Å². The summed E-state index contributed by atoms with van der Waals surface area (Å²) in [5.74, 6) is 0. The van der Waals surface area contributed by atoms with Gasteiger partial charge >= 0.3 is 0 Å². The molecule has 1 saturated heterocycles. The maximum atomic E-state index is 9.49. The van der Waals surface area contributed by atoms with Crippen LogP contribution in [0.5, 0.6) is 0 Å². The molecule has 1 aromatic rings. The fourth-order valence-corrected chi connectivity index (χ4v) is 2.88. The quantitative estimate of drug-likeness (QED) is 0.859. The Kier molecular flexibility index (Phi) is 3.88. The lowest BCUT2D eigenvalue weighted by molar-refractivity contribution is 0.176. The van der Waals surface area contributed by atoms with Crippen molar-refractivity contribution in [2.24, 2.45) is 5.73 Å². The Bertz CT molecular complexity index is 439. The minimum Gasteiger partial charge on any atom is -0.394 e. The number of aliphatic hydroxyl groups excluding tert-OH is 1. The smallest absolute Gasteiger partial charge is 0.0628 e. The molecule has 19 heavy (non-hydrogen) atoms. The molecule has 1 fully saturated rings. The van der Waals surface area contributed by atoms with Crippen LogP contribution in [0.3, 0.4) is 0 Å². The third-order valence-electron chi connectivity index (χ3n) is 3.98. The van der Waals surface area contributed by atoms with Crippen LogP contribution in [0.25, 0.3) is 0 Å². The average molecular weight is 262 g/mol. The summed E-state index contributed by atoms with van der Waals surface area (Å²) in [4.78, 5) is 2.33. The van der Waals surface area contributed by atoms with E-state index in [1.807, 2.05) is 0 Å². The van der Waals surface area contributed by atoms with Crippen molar-refractivity contribution in [2.75, 3.05) is 24.6 Å². The molecule has 106 valence electrons. The summed E-state index contributed by atoms with van der Waals surface area (Å²) in [5, 5.41) is 9.49. The lowest BCUT2D eigenvalue weighted by atomic mass is 9.84. The Morgan fingerprint density at radius 1 is 1.32 bits per heavy atom. The average Bonchev–Trinajstić information content (AvgIpc) is 2.38. The van der Waals surface area contributed by atoms with Crippen molar-refractivity contribution in [3.05, 3.63) is 29.8 Å². The van der Waals surface area contributed by atoms with Gasteiger partial charge in [-0.3, -0.25) is 0 Å². The van der Waals surface area contributed by atoms with Gasteiger partial charge < -0.3 is 15.7 Å². The molecule has 1 aromatic carbocycles. The Morgan fingerprint density at radius 2 is 2.00 bits per heavy atom. The summed E-state index contributed by atoms with van der Waals surface area (Å²) in [6.07, 6.45) is 1.94. The second-order valence-corrected chi connectivity index (χ2v) is 6.81. The number of hydrogen-bond donors (Lipinski definition) is 2. The molecule has 3 N–H and O–H groups in total. The van der Waals surface area contributed by atoms with Crippen molar-refractivity contribution in [1.82, 2.24) is 0 Å². The summed E-state index contributed by atoms with van der Waals surface area (Å²) in [5.41, 5.74) is 8.52. The van der Waals surface area contributed by atoms with Crippen molar-refractivity contribution in [2.45, 2.75) is 44.6 Å². The molecule has 0 aliphatic carbocycles. The summed E-state index contributed by atoms with van der Waals surface area (Å²) in [6, 6.07) is 8.54. The van der Waals surface area contributed by atoms with Gasteiger partial charge in [0.1, 0.15) is 0 Å². The van der Waals surface area contributed by atoms with E-state index in [1.54, 1.807) is 0 Å². The number of nitrogens with zero attached hydrogens (tertiary/aromatic N) is 1. The molecule has 0 spiro atoms. The maximum absolute atomic E-state index is 9.49. The SMILES string of the molecule is CC(C)(C)c1ccccc1N1CCCC(N)(CO)C1. The molecular weight excluding hydrogens is 236 g/mol. The predicted molar refractivity (Wildman–Crippen MR) is 80.6 cm³/mol. The second-order valence-electron chi connectivity index (χ2n) is 6.81. The Morgan fingerprint density at radius 3 is 2.63 bits per heavy atom. The monoisotopic (exact) mass is 262 g/mol. The highest BCUT2D eigenvalue weighted by Crippen LogP contribution is 2.34. The highest BCUT2D eigenvalue weighted by atomic mass is 16.3. The maximum Gasteiger partial charge on any atom is 0.0628 e. The molecule has 1 heterocycles. The van der Waals surface area contributed by atoms with Gasteiger partial charge in [-0.15, -0.1) is 0 Å². The van der Waals surface area contributed by atoms with Crippen LogP contribution in [0, 0.1) is 0 Å². The van der Waals surface area contributed by atoms with Crippen LogP contribution in [0.2, 0.25) is 0 Å². The Hall–Kier alpha value is -1.06. The third kappa shape index (κ3) is 3.10. The minimum atomic E-state index is -0.455. The van der Waals surface area contributed by atoms with E-state index in [1.165, 1.54) is 11.3 Å².